The van der Waals surface area contributed by atoms with Crippen molar-refractivity contribution in [3.05, 3.63) is 72.4 Å². The van der Waals surface area contributed by atoms with Crippen molar-refractivity contribution in [2.75, 3.05) is 36.0 Å². The summed E-state index contributed by atoms with van der Waals surface area (Å²) >= 11 is 0. The Hall–Kier alpha value is -3.55. The van der Waals surface area contributed by atoms with Crippen molar-refractivity contribution in [1.29, 1.82) is 0 Å². The predicted molar refractivity (Wildman–Crippen MR) is 106 cm³/mol. The van der Waals surface area contributed by atoms with E-state index in [9.17, 15) is 4.79 Å². The molecule has 1 aliphatic heterocycles. The molecule has 1 amide bonds. The Morgan fingerprint density at radius 2 is 1.61 bits per heavy atom. The van der Waals surface area contributed by atoms with E-state index in [-0.39, 0.29) is 5.91 Å². The lowest BCUT2D eigenvalue weighted by Gasteiger charge is -2.35. The van der Waals surface area contributed by atoms with Gasteiger partial charge in [-0.2, -0.15) is 0 Å². The summed E-state index contributed by atoms with van der Waals surface area (Å²) in [6.45, 7) is 3.68. The van der Waals surface area contributed by atoms with Crippen LogP contribution in [0.3, 0.4) is 0 Å². The maximum absolute atomic E-state index is 12.5. The van der Waals surface area contributed by atoms with E-state index in [2.05, 4.69) is 35.1 Å². The van der Waals surface area contributed by atoms with Crippen molar-refractivity contribution < 1.29 is 4.79 Å². The predicted octanol–water partition coefficient (Wildman–Crippen LogP) is 1.52. The van der Waals surface area contributed by atoms with Crippen LogP contribution in [-0.4, -0.2) is 52.0 Å². The van der Waals surface area contributed by atoms with Crippen molar-refractivity contribution in [3.8, 4) is 0 Å². The van der Waals surface area contributed by atoms with Gasteiger partial charge in [0.2, 0.25) is 5.95 Å². The molecule has 4 rings (SSSR count). The molecule has 1 fully saturated rings. The zero-order valence-corrected chi connectivity index (χ0v) is 15.4. The zero-order valence-electron chi connectivity index (χ0n) is 15.4. The summed E-state index contributed by atoms with van der Waals surface area (Å²) in [6.07, 6.45) is 8.62. The van der Waals surface area contributed by atoms with Crippen LogP contribution in [0.1, 0.15) is 15.9 Å². The van der Waals surface area contributed by atoms with Gasteiger partial charge in [-0.05, 0) is 35.9 Å². The summed E-state index contributed by atoms with van der Waals surface area (Å²) < 4.78 is 0. The Balaban J connectivity index is 1.37. The number of nitrogens with one attached hydrogen (secondary N) is 1. The third-order valence-corrected chi connectivity index (χ3v) is 4.65. The minimum Gasteiger partial charge on any atom is -0.353 e. The first kappa shape index (κ1) is 17.8. The third-order valence-electron chi connectivity index (χ3n) is 4.65. The number of aromatic nitrogens is 4. The number of nitrogens with zero attached hydrogens (tertiary/aromatic N) is 6. The molecular weight excluding hydrogens is 354 g/mol. The summed E-state index contributed by atoms with van der Waals surface area (Å²) in [5, 5.41) is 2.94. The van der Waals surface area contributed by atoms with E-state index in [4.69, 9.17) is 0 Å². The number of carbonyl (C=O) groups is 1. The lowest BCUT2D eigenvalue weighted by molar-refractivity contribution is 0.0951. The molecular formula is C20H21N7O. The highest BCUT2D eigenvalue weighted by Gasteiger charge is 2.20. The first-order chi connectivity index (χ1) is 13.8. The number of pyridine rings is 2. The molecule has 0 unspecified atom stereocenters. The molecule has 0 atom stereocenters. The van der Waals surface area contributed by atoms with Gasteiger partial charge in [-0.1, -0.05) is 0 Å². The van der Waals surface area contributed by atoms with Crippen LogP contribution in [0.4, 0.5) is 11.8 Å². The maximum atomic E-state index is 12.5. The van der Waals surface area contributed by atoms with Crippen LogP contribution < -0.4 is 15.1 Å². The molecule has 1 N–H and O–H groups in total. The average Bonchev–Trinajstić information content (AvgIpc) is 2.79. The summed E-state index contributed by atoms with van der Waals surface area (Å²) in [5.74, 6) is 1.45. The standard InChI is InChI=1S/C20H21N7O/c28-19(25-15-16-2-7-21-8-3-16)17-4-9-22-18(14-17)26-10-12-27(13-11-26)20-23-5-1-6-24-20/h1-9,14H,10-13,15H2,(H,25,28). The van der Waals surface area contributed by atoms with E-state index in [1.807, 2.05) is 24.3 Å². The monoisotopic (exact) mass is 375 g/mol. The highest BCUT2D eigenvalue weighted by atomic mass is 16.1. The molecule has 8 nitrogen and oxygen atoms in total. The van der Waals surface area contributed by atoms with Crippen molar-refractivity contribution in [2.45, 2.75) is 6.54 Å². The molecule has 0 radical (unpaired) electrons. The molecule has 4 heterocycles. The smallest absolute Gasteiger partial charge is 0.251 e. The van der Waals surface area contributed by atoms with E-state index < -0.39 is 0 Å². The minimum absolute atomic E-state index is 0.114. The molecule has 0 saturated carbocycles. The number of piperazine rings is 1. The van der Waals surface area contributed by atoms with E-state index in [1.165, 1.54) is 0 Å². The molecule has 0 bridgehead atoms. The van der Waals surface area contributed by atoms with Gasteiger partial charge in [0.25, 0.3) is 5.91 Å². The van der Waals surface area contributed by atoms with Crippen LogP contribution in [0.15, 0.2) is 61.3 Å². The largest absolute Gasteiger partial charge is 0.353 e. The molecule has 1 saturated heterocycles. The number of hydrogen-bond donors (Lipinski definition) is 1. The first-order valence-electron chi connectivity index (χ1n) is 9.20. The van der Waals surface area contributed by atoms with Crippen LogP contribution in [0.5, 0.6) is 0 Å². The lowest BCUT2D eigenvalue weighted by atomic mass is 10.2. The van der Waals surface area contributed by atoms with Crippen molar-refractivity contribution in [3.63, 3.8) is 0 Å². The fraction of sp³-hybridized carbons (Fsp3) is 0.250. The van der Waals surface area contributed by atoms with Crippen LogP contribution in [0.2, 0.25) is 0 Å². The van der Waals surface area contributed by atoms with Crippen LogP contribution in [-0.2, 0) is 6.54 Å². The highest BCUT2D eigenvalue weighted by molar-refractivity contribution is 5.94. The van der Waals surface area contributed by atoms with Gasteiger partial charge in [0, 0.05) is 69.3 Å². The Morgan fingerprint density at radius 1 is 0.893 bits per heavy atom. The highest BCUT2D eigenvalue weighted by Crippen LogP contribution is 2.17. The molecule has 8 heteroatoms. The number of anilines is 2. The number of hydrogen-bond acceptors (Lipinski definition) is 7. The van der Waals surface area contributed by atoms with Gasteiger partial charge < -0.3 is 15.1 Å². The second-order valence-corrected chi connectivity index (χ2v) is 6.46. The van der Waals surface area contributed by atoms with Crippen LogP contribution in [0, 0.1) is 0 Å². The average molecular weight is 375 g/mol. The van der Waals surface area contributed by atoms with Crippen molar-refractivity contribution in [2.24, 2.45) is 0 Å². The molecule has 3 aromatic rings. The lowest BCUT2D eigenvalue weighted by Crippen LogP contribution is -2.47. The normalized spacial score (nSPS) is 14.0. The Morgan fingerprint density at radius 3 is 2.36 bits per heavy atom. The number of amides is 1. The second-order valence-electron chi connectivity index (χ2n) is 6.46. The first-order valence-corrected chi connectivity index (χ1v) is 9.20. The van der Waals surface area contributed by atoms with E-state index >= 15 is 0 Å². The fourth-order valence-electron chi connectivity index (χ4n) is 3.11. The Kier molecular flexibility index (Phi) is 5.37. The topological polar surface area (TPSA) is 87.1 Å². The van der Waals surface area contributed by atoms with E-state index in [0.29, 0.717) is 12.1 Å². The fourth-order valence-corrected chi connectivity index (χ4v) is 3.11. The molecule has 142 valence electrons. The SMILES string of the molecule is O=C(NCc1ccncc1)c1ccnc(N2CCN(c3ncccn3)CC2)c1. The number of carbonyl (C=O) groups excluding carboxylic acids is 1. The third kappa shape index (κ3) is 4.22. The van der Waals surface area contributed by atoms with Gasteiger partial charge in [-0.3, -0.25) is 9.78 Å². The molecule has 0 aliphatic carbocycles. The van der Waals surface area contributed by atoms with Crippen LogP contribution in [0.25, 0.3) is 0 Å². The van der Waals surface area contributed by atoms with Gasteiger partial charge in [-0.25, -0.2) is 15.0 Å². The van der Waals surface area contributed by atoms with Gasteiger partial charge in [0.05, 0.1) is 0 Å². The Bertz CT molecular complexity index is 912. The Labute approximate surface area is 163 Å². The molecule has 0 spiro atoms. The minimum atomic E-state index is -0.114. The second kappa shape index (κ2) is 8.43. The summed E-state index contributed by atoms with van der Waals surface area (Å²) in [6, 6.07) is 9.16. The molecule has 1 aliphatic rings. The molecule has 28 heavy (non-hydrogen) atoms. The van der Waals surface area contributed by atoms with Gasteiger partial charge >= 0.3 is 0 Å². The van der Waals surface area contributed by atoms with E-state index in [0.717, 1.165) is 43.5 Å². The number of rotatable bonds is 5. The summed E-state index contributed by atoms with van der Waals surface area (Å²) in [4.78, 5) is 33.9. The van der Waals surface area contributed by atoms with Gasteiger partial charge in [0.15, 0.2) is 0 Å². The summed E-state index contributed by atoms with van der Waals surface area (Å²) in [5.41, 5.74) is 1.62. The maximum Gasteiger partial charge on any atom is 0.251 e. The van der Waals surface area contributed by atoms with Gasteiger partial charge in [0.1, 0.15) is 5.82 Å². The van der Waals surface area contributed by atoms with E-state index in [1.54, 1.807) is 37.1 Å². The quantitative estimate of drug-likeness (QED) is 0.723. The van der Waals surface area contributed by atoms with Crippen molar-refractivity contribution >= 4 is 17.7 Å². The van der Waals surface area contributed by atoms with Gasteiger partial charge in [-0.15, -0.1) is 0 Å². The summed E-state index contributed by atoms with van der Waals surface area (Å²) in [7, 11) is 0. The zero-order chi connectivity index (χ0) is 19.2. The van der Waals surface area contributed by atoms with Crippen molar-refractivity contribution in [1.82, 2.24) is 25.3 Å². The molecule has 3 aromatic heterocycles. The van der Waals surface area contributed by atoms with Crippen LogP contribution >= 0.6 is 0 Å². The molecule has 0 aromatic carbocycles.